The molecule has 1 rings (SSSR count). The van der Waals surface area contributed by atoms with E-state index in [2.05, 4.69) is 0 Å². The van der Waals surface area contributed by atoms with E-state index in [9.17, 15) is 13.2 Å². The molecule has 0 aliphatic rings. The van der Waals surface area contributed by atoms with Crippen molar-refractivity contribution in [2.45, 2.75) is 6.18 Å². The standard InChI is InChI=1S/C5H4ClF3N2/c6-2-1-3(5(7,8)9)11-4(2)10/h1,11H,10H2. The molecule has 0 radical (unpaired) electrons. The first-order valence-electron chi connectivity index (χ1n) is 2.62. The van der Waals surface area contributed by atoms with E-state index < -0.39 is 11.9 Å². The highest BCUT2D eigenvalue weighted by Crippen LogP contribution is 2.32. The van der Waals surface area contributed by atoms with Gasteiger partial charge in [0.05, 0.1) is 5.02 Å². The van der Waals surface area contributed by atoms with E-state index in [0.29, 0.717) is 0 Å². The van der Waals surface area contributed by atoms with Crippen molar-refractivity contribution in [1.29, 1.82) is 0 Å². The van der Waals surface area contributed by atoms with Crippen molar-refractivity contribution in [1.82, 2.24) is 4.98 Å². The van der Waals surface area contributed by atoms with E-state index in [-0.39, 0.29) is 10.8 Å². The summed E-state index contributed by atoms with van der Waals surface area (Å²) in [5.74, 6) is -0.168. The molecule has 0 fully saturated rings. The van der Waals surface area contributed by atoms with Crippen LogP contribution in [0.2, 0.25) is 5.02 Å². The SMILES string of the molecule is Nc1[nH]c(C(F)(F)F)cc1Cl. The molecule has 0 aromatic carbocycles. The number of halogens is 4. The van der Waals surface area contributed by atoms with Crippen LogP contribution in [0.1, 0.15) is 5.69 Å². The molecule has 6 heteroatoms. The van der Waals surface area contributed by atoms with Crippen LogP contribution in [-0.4, -0.2) is 4.98 Å². The fraction of sp³-hybridized carbons (Fsp3) is 0.200. The average Bonchev–Trinajstić information content (AvgIpc) is 2.11. The number of nitrogens with one attached hydrogen (secondary N) is 1. The van der Waals surface area contributed by atoms with E-state index in [1.54, 1.807) is 0 Å². The number of aromatic amines is 1. The number of nitrogens with two attached hydrogens (primary N) is 1. The zero-order chi connectivity index (χ0) is 8.65. The molecule has 62 valence electrons. The lowest BCUT2D eigenvalue weighted by atomic mass is 10.4. The fourth-order valence-electron chi connectivity index (χ4n) is 0.598. The van der Waals surface area contributed by atoms with Crippen molar-refractivity contribution >= 4 is 17.4 Å². The van der Waals surface area contributed by atoms with Gasteiger partial charge in [-0.15, -0.1) is 0 Å². The molecule has 1 aromatic rings. The van der Waals surface area contributed by atoms with Crippen LogP contribution in [0.25, 0.3) is 0 Å². The fourth-order valence-corrected chi connectivity index (χ4v) is 0.754. The lowest BCUT2D eigenvalue weighted by Crippen LogP contribution is -2.05. The Hall–Kier alpha value is -0.840. The summed E-state index contributed by atoms with van der Waals surface area (Å²) in [6.45, 7) is 0. The first-order chi connectivity index (χ1) is 4.91. The number of nitrogen functional groups attached to an aromatic ring is 1. The molecule has 2 nitrogen and oxygen atoms in total. The summed E-state index contributed by atoms with van der Waals surface area (Å²) in [5, 5.41) is -0.114. The van der Waals surface area contributed by atoms with Gasteiger partial charge < -0.3 is 10.7 Å². The van der Waals surface area contributed by atoms with Crippen LogP contribution < -0.4 is 5.73 Å². The van der Waals surface area contributed by atoms with E-state index in [1.807, 2.05) is 4.98 Å². The predicted molar refractivity (Wildman–Crippen MR) is 35.2 cm³/mol. The number of aromatic nitrogens is 1. The minimum Gasteiger partial charge on any atom is -0.384 e. The maximum Gasteiger partial charge on any atom is 0.431 e. The van der Waals surface area contributed by atoms with Crippen LogP contribution in [0, 0.1) is 0 Å². The maximum absolute atomic E-state index is 11.8. The lowest BCUT2D eigenvalue weighted by molar-refractivity contribution is -0.140. The third-order valence-electron chi connectivity index (χ3n) is 1.10. The molecule has 0 aliphatic heterocycles. The molecule has 1 aromatic heterocycles. The topological polar surface area (TPSA) is 41.8 Å². The molecule has 3 N–H and O–H groups in total. The highest BCUT2D eigenvalue weighted by molar-refractivity contribution is 6.32. The van der Waals surface area contributed by atoms with Crippen LogP contribution in [-0.2, 0) is 6.18 Å². The molecule has 0 unspecified atom stereocenters. The zero-order valence-corrected chi connectivity index (χ0v) is 5.92. The molecular weight excluding hydrogens is 181 g/mol. The second-order valence-electron chi connectivity index (χ2n) is 1.94. The van der Waals surface area contributed by atoms with Crippen molar-refractivity contribution in [3.63, 3.8) is 0 Å². The van der Waals surface area contributed by atoms with Crippen molar-refractivity contribution in [3.05, 3.63) is 16.8 Å². The molecule has 0 aliphatic carbocycles. The normalized spacial score (nSPS) is 12.0. The van der Waals surface area contributed by atoms with Crippen molar-refractivity contribution in [2.75, 3.05) is 5.73 Å². The first kappa shape index (κ1) is 8.26. The third-order valence-corrected chi connectivity index (χ3v) is 1.42. The summed E-state index contributed by atoms with van der Waals surface area (Å²) in [6.07, 6.45) is -4.42. The molecule has 0 amide bonds. The smallest absolute Gasteiger partial charge is 0.384 e. The second-order valence-corrected chi connectivity index (χ2v) is 2.35. The molecule has 0 atom stereocenters. The van der Waals surface area contributed by atoms with E-state index in [1.165, 1.54) is 0 Å². The van der Waals surface area contributed by atoms with Gasteiger partial charge in [0.1, 0.15) is 11.5 Å². The summed E-state index contributed by atoms with van der Waals surface area (Å²) in [6, 6.07) is 0.747. The van der Waals surface area contributed by atoms with Gasteiger partial charge in [-0.25, -0.2) is 0 Å². The van der Waals surface area contributed by atoms with E-state index in [0.717, 1.165) is 6.07 Å². The van der Waals surface area contributed by atoms with Crippen molar-refractivity contribution in [2.24, 2.45) is 0 Å². The summed E-state index contributed by atoms with van der Waals surface area (Å²) in [7, 11) is 0. The number of alkyl halides is 3. The highest BCUT2D eigenvalue weighted by Gasteiger charge is 2.32. The Balaban J connectivity index is 3.08. The summed E-state index contributed by atoms with van der Waals surface area (Å²) < 4.78 is 35.5. The number of hydrogen-bond acceptors (Lipinski definition) is 1. The lowest BCUT2D eigenvalue weighted by Gasteiger charge is -2.00. The predicted octanol–water partition coefficient (Wildman–Crippen LogP) is 2.27. The van der Waals surface area contributed by atoms with Crippen LogP contribution in [0.15, 0.2) is 6.07 Å². The minimum atomic E-state index is -4.42. The Labute approximate surface area is 65.1 Å². The average molecular weight is 185 g/mol. The molecule has 0 spiro atoms. The molecule has 0 bridgehead atoms. The minimum absolute atomic E-state index is 0.114. The van der Waals surface area contributed by atoms with Gasteiger partial charge in [-0.1, -0.05) is 11.6 Å². The van der Waals surface area contributed by atoms with Crippen molar-refractivity contribution < 1.29 is 13.2 Å². The van der Waals surface area contributed by atoms with E-state index in [4.69, 9.17) is 17.3 Å². The van der Waals surface area contributed by atoms with Gasteiger partial charge >= 0.3 is 6.18 Å². The van der Waals surface area contributed by atoms with Crippen LogP contribution >= 0.6 is 11.6 Å². The summed E-state index contributed by atoms with van der Waals surface area (Å²) >= 11 is 5.28. The second kappa shape index (κ2) is 2.34. The Bertz CT molecular complexity index is 246. The van der Waals surface area contributed by atoms with Crippen LogP contribution in [0.4, 0.5) is 19.0 Å². The molecule has 0 saturated heterocycles. The highest BCUT2D eigenvalue weighted by atomic mass is 35.5. The molecule has 0 saturated carbocycles. The molecule has 11 heavy (non-hydrogen) atoms. The summed E-state index contributed by atoms with van der Waals surface area (Å²) in [4.78, 5) is 1.91. The van der Waals surface area contributed by atoms with Gasteiger partial charge in [0.2, 0.25) is 0 Å². The van der Waals surface area contributed by atoms with E-state index >= 15 is 0 Å². The Morgan fingerprint density at radius 3 is 2.18 bits per heavy atom. The molecule has 1 heterocycles. The summed E-state index contributed by atoms with van der Waals surface area (Å²) in [5.41, 5.74) is 4.12. The van der Waals surface area contributed by atoms with Gasteiger partial charge in [-0.3, -0.25) is 0 Å². The van der Waals surface area contributed by atoms with Gasteiger partial charge in [0, 0.05) is 0 Å². The monoisotopic (exact) mass is 184 g/mol. The van der Waals surface area contributed by atoms with Gasteiger partial charge in [0.15, 0.2) is 0 Å². The van der Waals surface area contributed by atoms with Crippen LogP contribution in [0.3, 0.4) is 0 Å². The van der Waals surface area contributed by atoms with Crippen molar-refractivity contribution in [3.8, 4) is 0 Å². The number of H-pyrrole nitrogens is 1. The largest absolute Gasteiger partial charge is 0.431 e. The quantitative estimate of drug-likeness (QED) is 0.638. The Morgan fingerprint density at radius 2 is 2.00 bits per heavy atom. The van der Waals surface area contributed by atoms with Gasteiger partial charge in [-0.05, 0) is 6.07 Å². The zero-order valence-electron chi connectivity index (χ0n) is 5.17. The first-order valence-corrected chi connectivity index (χ1v) is 3.00. The molecular formula is C5H4ClF3N2. The van der Waals surface area contributed by atoms with Gasteiger partial charge in [0.25, 0.3) is 0 Å². The number of anilines is 1. The third kappa shape index (κ3) is 1.59. The van der Waals surface area contributed by atoms with Gasteiger partial charge in [-0.2, -0.15) is 13.2 Å². The maximum atomic E-state index is 11.8. The Kier molecular flexibility index (Phi) is 1.75. The number of rotatable bonds is 0. The number of hydrogen-bond donors (Lipinski definition) is 2. The van der Waals surface area contributed by atoms with Crippen LogP contribution in [0.5, 0.6) is 0 Å². The Morgan fingerprint density at radius 1 is 1.45 bits per heavy atom.